The summed E-state index contributed by atoms with van der Waals surface area (Å²) in [5, 5.41) is 2.67. The van der Waals surface area contributed by atoms with E-state index < -0.39 is 0 Å². The highest BCUT2D eigenvalue weighted by Gasteiger charge is 2.44. The van der Waals surface area contributed by atoms with Crippen LogP contribution in [0.4, 0.5) is 34.1 Å². The number of hydrogen-bond acceptors (Lipinski definition) is 3. The maximum Gasteiger partial charge on any atom is 0.252 e. The highest BCUT2D eigenvalue weighted by atomic mass is 32.1. The molecule has 0 spiro atoms. The molecule has 1 aromatic heterocycles. The van der Waals surface area contributed by atoms with Gasteiger partial charge in [0.25, 0.3) is 6.71 Å². The lowest BCUT2D eigenvalue weighted by molar-refractivity contribution is 0.590. The first-order chi connectivity index (χ1) is 29.4. The Hall–Kier alpha value is -6.36. The van der Waals surface area contributed by atoms with E-state index in [1.165, 1.54) is 104 Å². The van der Waals surface area contributed by atoms with Gasteiger partial charge in [-0.25, -0.2) is 0 Å². The number of fused-ring (bicyclic) bond motifs is 7. The highest BCUT2D eigenvalue weighted by molar-refractivity contribution is 7.26. The summed E-state index contributed by atoms with van der Waals surface area (Å²) in [5.41, 5.74) is 20.2. The molecule has 61 heavy (non-hydrogen) atoms. The van der Waals surface area contributed by atoms with Crippen molar-refractivity contribution in [1.29, 1.82) is 0 Å². The summed E-state index contributed by atoms with van der Waals surface area (Å²) in [6.07, 6.45) is 0. The predicted molar refractivity (Wildman–Crippen MR) is 266 cm³/mol. The molecule has 296 valence electrons. The predicted octanol–water partition coefficient (Wildman–Crippen LogP) is 14.4. The molecule has 2 aliphatic rings. The SMILES string of the molecule is Cc1cc2c3c(c1)N(c1ccc(-c4ccccc4)cc1)c1cc(C(C)(C)C)ccc1B3c1cc(C(C)(C)C)ccc1N2c1ccc(-c2cccc3sc4ccccc4c23)cc1. The van der Waals surface area contributed by atoms with Crippen LogP contribution in [0.25, 0.3) is 42.4 Å². The summed E-state index contributed by atoms with van der Waals surface area (Å²) in [5.74, 6) is 0. The number of nitrogens with zero attached hydrogens (tertiary/aromatic N) is 2. The van der Waals surface area contributed by atoms with Crippen LogP contribution < -0.4 is 26.2 Å². The molecular weight excluding hydrogens is 756 g/mol. The van der Waals surface area contributed by atoms with Gasteiger partial charge in [-0.15, -0.1) is 11.3 Å². The van der Waals surface area contributed by atoms with E-state index in [1.807, 2.05) is 11.3 Å². The van der Waals surface area contributed by atoms with E-state index in [2.05, 4.69) is 228 Å². The molecule has 0 aliphatic carbocycles. The zero-order valence-electron chi connectivity index (χ0n) is 36.0. The Morgan fingerprint density at radius 2 is 1.02 bits per heavy atom. The van der Waals surface area contributed by atoms with Crippen LogP contribution in [-0.2, 0) is 10.8 Å². The summed E-state index contributed by atoms with van der Waals surface area (Å²) in [6, 6.07) is 64.2. The van der Waals surface area contributed by atoms with E-state index in [1.54, 1.807) is 0 Å². The summed E-state index contributed by atoms with van der Waals surface area (Å²) < 4.78 is 2.66. The van der Waals surface area contributed by atoms with Crippen molar-refractivity contribution in [2.24, 2.45) is 0 Å². The highest BCUT2D eigenvalue weighted by Crippen LogP contribution is 2.47. The summed E-state index contributed by atoms with van der Waals surface area (Å²) in [7, 11) is 0. The van der Waals surface area contributed by atoms with E-state index in [4.69, 9.17) is 0 Å². The Kier molecular flexibility index (Phi) is 8.54. The minimum atomic E-state index is -0.00913. The lowest BCUT2D eigenvalue weighted by Crippen LogP contribution is -2.61. The summed E-state index contributed by atoms with van der Waals surface area (Å²) in [6.45, 7) is 16.3. The lowest BCUT2D eigenvalue weighted by Gasteiger charge is -2.45. The molecule has 0 saturated carbocycles. The van der Waals surface area contributed by atoms with Crippen LogP contribution in [0.1, 0.15) is 58.2 Å². The smallest absolute Gasteiger partial charge is 0.252 e. The molecule has 0 bridgehead atoms. The van der Waals surface area contributed by atoms with E-state index in [0.717, 1.165) is 5.69 Å². The number of aryl methyl sites for hydroxylation is 1. The fourth-order valence-electron chi connectivity index (χ4n) is 9.86. The Morgan fingerprint density at radius 3 is 1.70 bits per heavy atom. The van der Waals surface area contributed by atoms with Gasteiger partial charge in [0.15, 0.2) is 0 Å². The first-order valence-corrected chi connectivity index (χ1v) is 22.4. The topological polar surface area (TPSA) is 6.48 Å². The van der Waals surface area contributed by atoms with Crippen molar-refractivity contribution < 1.29 is 0 Å². The van der Waals surface area contributed by atoms with Crippen molar-refractivity contribution in [2.45, 2.75) is 59.3 Å². The second-order valence-corrected chi connectivity index (χ2v) is 20.2. The fourth-order valence-corrected chi connectivity index (χ4v) is 11.0. The van der Waals surface area contributed by atoms with Gasteiger partial charge in [0.05, 0.1) is 0 Å². The van der Waals surface area contributed by atoms with Gasteiger partial charge in [0.2, 0.25) is 0 Å². The number of benzene rings is 8. The van der Waals surface area contributed by atoms with Gasteiger partial charge in [0.1, 0.15) is 0 Å². The third kappa shape index (κ3) is 6.14. The molecule has 8 aromatic carbocycles. The maximum atomic E-state index is 2.55. The van der Waals surface area contributed by atoms with Gasteiger partial charge >= 0.3 is 0 Å². The van der Waals surface area contributed by atoms with E-state index in [0.29, 0.717) is 0 Å². The van der Waals surface area contributed by atoms with Crippen LogP contribution in [0.3, 0.4) is 0 Å². The monoisotopic (exact) mass is 804 g/mol. The largest absolute Gasteiger partial charge is 0.311 e. The number of rotatable bonds is 4. The molecule has 11 rings (SSSR count). The zero-order valence-corrected chi connectivity index (χ0v) is 36.9. The number of hydrogen-bond donors (Lipinski definition) is 0. The van der Waals surface area contributed by atoms with Crippen molar-refractivity contribution in [2.75, 3.05) is 9.80 Å². The van der Waals surface area contributed by atoms with Crippen LogP contribution in [0.15, 0.2) is 170 Å². The molecule has 0 fully saturated rings. The van der Waals surface area contributed by atoms with Crippen LogP contribution in [-0.4, -0.2) is 6.71 Å². The van der Waals surface area contributed by atoms with E-state index >= 15 is 0 Å². The molecule has 0 saturated heterocycles. The van der Waals surface area contributed by atoms with Crippen LogP contribution >= 0.6 is 11.3 Å². The number of thiophene rings is 1. The van der Waals surface area contributed by atoms with Crippen LogP contribution in [0.5, 0.6) is 0 Å². The molecule has 3 heterocycles. The average molecular weight is 805 g/mol. The molecule has 0 unspecified atom stereocenters. The maximum absolute atomic E-state index is 2.55. The Bertz CT molecular complexity index is 3170. The van der Waals surface area contributed by atoms with E-state index in [9.17, 15) is 0 Å². The molecule has 2 aliphatic heterocycles. The lowest BCUT2D eigenvalue weighted by atomic mass is 9.33. The Morgan fingerprint density at radius 1 is 0.443 bits per heavy atom. The average Bonchev–Trinajstić information content (AvgIpc) is 3.65. The standard InChI is InChI=1S/C57H49BN2S/c1-36-32-50-55-51(33-36)60(43-26-20-38(21-27-43)37-14-9-8-10-15-37)49-35-41(57(5,6)7)24-30-46(49)58(55)47-34-40(56(2,3)4)25-31-48(47)59(50)42-28-22-39(23-29-42)44-17-13-19-53-54(44)45-16-11-12-18-52(45)61-53/h8-35H,1-7H3. The van der Waals surface area contributed by atoms with Crippen molar-refractivity contribution in [1.82, 2.24) is 0 Å². The van der Waals surface area contributed by atoms with Gasteiger partial charge in [-0.2, -0.15) is 0 Å². The zero-order chi connectivity index (χ0) is 41.8. The minimum Gasteiger partial charge on any atom is -0.311 e. The van der Waals surface area contributed by atoms with Crippen molar-refractivity contribution in [3.8, 4) is 22.3 Å². The minimum absolute atomic E-state index is 0.00907. The van der Waals surface area contributed by atoms with Crippen molar-refractivity contribution in [3.63, 3.8) is 0 Å². The Balaban J connectivity index is 1.13. The molecular formula is C57H49BN2S. The first-order valence-electron chi connectivity index (χ1n) is 21.6. The van der Waals surface area contributed by atoms with Gasteiger partial charge in [-0.05, 0) is 134 Å². The molecule has 9 aromatic rings. The van der Waals surface area contributed by atoms with Gasteiger partial charge in [-0.3, -0.25) is 0 Å². The normalized spacial score (nSPS) is 13.4. The molecule has 4 heteroatoms. The summed E-state index contributed by atoms with van der Waals surface area (Å²) in [4.78, 5) is 5.09. The van der Waals surface area contributed by atoms with Gasteiger partial charge < -0.3 is 9.80 Å². The number of anilines is 6. The van der Waals surface area contributed by atoms with Crippen LogP contribution in [0.2, 0.25) is 0 Å². The second-order valence-electron chi connectivity index (χ2n) is 19.1. The first kappa shape index (κ1) is 37.6. The third-order valence-electron chi connectivity index (χ3n) is 13.0. The molecule has 0 amide bonds. The van der Waals surface area contributed by atoms with Gasteiger partial charge in [0, 0.05) is 54.3 Å². The molecule has 0 atom stereocenters. The molecule has 0 radical (unpaired) electrons. The third-order valence-corrected chi connectivity index (χ3v) is 14.2. The molecule has 0 N–H and O–H groups in total. The van der Waals surface area contributed by atoms with Crippen molar-refractivity contribution >= 4 is 88.7 Å². The quantitative estimate of drug-likeness (QED) is 0.164. The molecule has 2 nitrogen and oxygen atoms in total. The van der Waals surface area contributed by atoms with Gasteiger partial charge in [-0.1, -0.05) is 151 Å². The van der Waals surface area contributed by atoms with Crippen molar-refractivity contribution in [3.05, 3.63) is 187 Å². The Labute approximate surface area is 364 Å². The second kappa shape index (κ2) is 13.8. The fraction of sp³-hybridized carbons (Fsp3) is 0.158. The van der Waals surface area contributed by atoms with E-state index in [-0.39, 0.29) is 17.5 Å². The summed E-state index contributed by atoms with van der Waals surface area (Å²) >= 11 is 1.88. The van der Waals surface area contributed by atoms with Crippen LogP contribution in [0, 0.1) is 6.92 Å².